The molecule has 0 radical (unpaired) electrons. The van der Waals surface area contributed by atoms with Crippen molar-refractivity contribution in [1.29, 1.82) is 0 Å². The van der Waals surface area contributed by atoms with E-state index in [0.717, 1.165) is 31.1 Å². The van der Waals surface area contributed by atoms with E-state index < -0.39 is 6.29 Å². The summed E-state index contributed by atoms with van der Waals surface area (Å²) in [6.45, 7) is 4.79. The van der Waals surface area contributed by atoms with Crippen LogP contribution in [0.2, 0.25) is 0 Å². The number of aliphatic hydroxyl groups is 2. The number of Topliss-reactive ketones (excluding diaryl/α,β-unsaturated/α-hetero) is 1. The molecule has 0 aromatic rings. The molecule has 0 saturated heterocycles. The zero-order chi connectivity index (χ0) is 18.7. The number of ketones is 1. The molecule has 2 N–H and O–H groups in total. The maximum Gasteiger partial charge on any atom is 0.213 e. The topological polar surface area (TPSA) is 57.5 Å². The van der Waals surface area contributed by atoms with E-state index in [2.05, 4.69) is 19.8 Å². The highest BCUT2D eigenvalue weighted by Gasteiger charge is 2.61. The Balaban J connectivity index is 1.58. The summed E-state index contributed by atoms with van der Waals surface area (Å²) in [5.41, 5.74) is 0.372. The molecular weight excluding hydrogens is 324 g/mol. The summed E-state index contributed by atoms with van der Waals surface area (Å²) < 4.78 is 0. The van der Waals surface area contributed by atoms with Crippen LogP contribution in [-0.2, 0) is 4.79 Å². The van der Waals surface area contributed by atoms with Gasteiger partial charge in [-0.3, -0.25) is 4.79 Å². The smallest absolute Gasteiger partial charge is 0.213 e. The van der Waals surface area contributed by atoms with E-state index in [1.165, 1.54) is 38.5 Å². The Morgan fingerprint density at radius 3 is 2.38 bits per heavy atom. The Bertz CT molecular complexity index is 619. The van der Waals surface area contributed by atoms with Gasteiger partial charge in [0, 0.05) is 11.8 Å². The highest BCUT2D eigenvalue weighted by molar-refractivity contribution is 5.84. The predicted octanol–water partition coefficient (Wildman–Crippen LogP) is 3.77. The van der Waals surface area contributed by atoms with E-state index in [-0.39, 0.29) is 17.1 Å². The molecule has 0 aliphatic heterocycles. The third-order valence-corrected chi connectivity index (χ3v) is 9.50. The highest BCUT2D eigenvalue weighted by Crippen LogP contribution is 2.67. The summed E-state index contributed by atoms with van der Waals surface area (Å²) in [7, 11) is 0. The standard InChI is InChI=1S/C23H34O3/c1-4-14-9-11-22(2)15(13-14)5-6-16-17-7-8-19(20(24)21(25)26)23(17,3)12-10-18(16)22/h1,14-19,21,25-26H,5-13H2,2-3H3/t14?,15?,16-,17-,18-,19+,22-,23-/m0/s1. The summed E-state index contributed by atoms with van der Waals surface area (Å²) in [5, 5.41) is 18.9. The Hall–Kier alpha value is -0.850. The lowest BCUT2D eigenvalue weighted by Gasteiger charge is -2.61. The van der Waals surface area contributed by atoms with Crippen LogP contribution >= 0.6 is 0 Å². The van der Waals surface area contributed by atoms with Crippen molar-refractivity contribution in [3.63, 3.8) is 0 Å². The van der Waals surface area contributed by atoms with Gasteiger partial charge in [0.15, 0.2) is 5.78 Å². The van der Waals surface area contributed by atoms with Gasteiger partial charge in [0.25, 0.3) is 0 Å². The molecule has 0 heterocycles. The van der Waals surface area contributed by atoms with Gasteiger partial charge in [0.05, 0.1) is 0 Å². The minimum atomic E-state index is -1.81. The Labute approximate surface area is 157 Å². The number of carbonyl (C=O) groups excluding carboxylic acids is 1. The van der Waals surface area contributed by atoms with Crippen molar-refractivity contribution >= 4 is 5.78 Å². The first-order valence-electron chi connectivity index (χ1n) is 10.7. The first kappa shape index (κ1) is 18.5. The number of hydrogen-bond donors (Lipinski definition) is 2. The van der Waals surface area contributed by atoms with Crippen molar-refractivity contribution < 1.29 is 15.0 Å². The van der Waals surface area contributed by atoms with E-state index in [1.54, 1.807) is 0 Å². The van der Waals surface area contributed by atoms with Crippen molar-refractivity contribution in [1.82, 2.24) is 0 Å². The molecule has 8 atom stereocenters. The van der Waals surface area contributed by atoms with E-state index in [4.69, 9.17) is 6.42 Å². The quantitative estimate of drug-likeness (QED) is 0.583. The van der Waals surface area contributed by atoms with Gasteiger partial charge in [-0.25, -0.2) is 0 Å². The molecule has 0 aromatic carbocycles. The second kappa shape index (κ2) is 6.35. The molecule has 4 rings (SSSR count). The lowest BCUT2D eigenvalue weighted by atomic mass is 9.44. The highest BCUT2D eigenvalue weighted by atomic mass is 16.5. The number of aliphatic hydroxyl groups excluding tert-OH is 1. The molecule has 2 unspecified atom stereocenters. The fourth-order valence-corrected chi connectivity index (χ4v) is 8.06. The van der Waals surface area contributed by atoms with Crippen LogP contribution in [0.4, 0.5) is 0 Å². The second-order valence-electron chi connectivity index (χ2n) is 10.2. The van der Waals surface area contributed by atoms with Crippen LogP contribution in [0.25, 0.3) is 0 Å². The first-order valence-corrected chi connectivity index (χ1v) is 10.7. The van der Waals surface area contributed by atoms with Crippen LogP contribution in [0, 0.1) is 58.7 Å². The zero-order valence-corrected chi connectivity index (χ0v) is 16.3. The molecule has 144 valence electrons. The predicted molar refractivity (Wildman–Crippen MR) is 101 cm³/mol. The molecule has 26 heavy (non-hydrogen) atoms. The van der Waals surface area contributed by atoms with Crippen molar-refractivity contribution in [2.24, 2.45) is 46.3 Å². The van der Waals surface area contributed by atoms with Crippen LogP contribution in [0.5, 0.6) is 0 Å². The van der Waals surface area contributed by atoms with E-state index in [1.807, 2.05) is 0 Å². The second-order valence-corrected chi connectivity index (χ2v) is 10.2. The van der Waals surface area contributed by atoms with Gasteiger partial charge in [-0.2, -0.15) is 0 Å². The molecule has 4 aliphatic rings. The van der Waals surface area contributed by atoms with Gasteiger partial charge in [-0.1, -0.05) is 13.8 Å². The molecule has 4 aliphatic carbocycles. The zero-order valence-electron chi connectivity index (χ0n) is 16.3. The molecule has 3 nitrogen and oxygen atoms in total. The van der Waals surface area contributed by atoms with Crippen molar-refractivity contribution in [3.8, 4) is 12.3 Å². The van der Waals surface area contributed by atoms with Crippen LogP contribution in [-0.4, -0.2) is 22.3 Å². The van der Waals surface area contributed by atoms with Crippen LogP contribution < -0.4 is 0 Å². The minimum Gasteiger partial charge on any atom is -0.362 e. The van der Waals surface area contributed by atoms with E-state index in [0.29, 0.717) is 23.2 Å². The number of terminal acetylenes is 1. The number of carbonyl (C=O) groups is 1. The van der Waals surface area contributed by atoms with Crippen LogP contribution in [0.15, 0.2) is 0 Å². The number of rotatable bonds is 2. The largest absolute Gasteiger partial charge is 0.362 e. The van der Waals surface area contributed by atoms with Crippen molar-refractivity contribution in [2.75, 3.05) is 0 Å². The Kier molecular flexibility index (Phi) is 4.52. The van der Waals surface area contributed by atoms with E-state index in [9.17, 15) is 15.0 Å². The van der Waals surface area contributed by atoms with Crippen molar-refractivity contribution in [2.45, 2.75) is 77.9 Å². The fraction of sp³-hybridized carbons (Fsp3) is 0.870. The SMILES string of the molecule is C#CC1CC[C@@]2(C)C(CC[C@H]3[C@@H]4CC[C@H](C(=O)C(O)O)[C@@]4(C)CC[C@@H]32)C1. The lowest BCUT2D eigenvalue weighted by Crippen LogP contribution is -2.54. The minimum absolute atomic E-state index is 0.0405. The summed E-state index contributed by atoms with van der Waals surface area (Å²) >= 11 is 0. The molecular formula is C23H34O3. The third-order valence-electron chi connectivity index (χ3n) is 9.50. The fourth-order valence-electron chi connectivity index (χ4n) is 8.06. The Morgan fingerprint density at radius 1 is 1.00 bits per heavy atom. The van der Waals surface area contributed by atoms with Crippen molar-refractivity contribution in [3.05, 3.63) is 0 Å². The van der Waals surface area contributed by atoms with Gasteiger partial charge in [0.2, 0.25) is 6.29 Å². The summed E-state index contributed by atoms with van der Waals surface area (Å²) in [6.07, 6.45) is 14.3. The molecule has 0 bridgehead atoms. The summed E-state index contributed by atoms with van der Waals surface area (Å²) in [4.78, 5) is 12.4. The Morgan fingerprint density at radius 2 is 1.69 bits per heavy atom. The third kappa shape index (κ3) is 2.52. The van der Waals surface area contributed by atoms with Crippen LogP contribution in [0.3, 0.4) is 0 Å². The molecule has 0 aromatic heterocycles. The van der Waals surface area contributed by atoms with E-state index >= 15 is 0 Å². The maximum absolute atomic E-state index is 12.4. The maximum atomic E-state index is 12.4. The average Bonchev–Trinajstić information content (AvgIpc) is 2.97. The molecule has 4 saturated carbocycles. The molecule has 4 fully saturated rings. The van der Waals surface area contributed by atoms with Gasteiger partial charge in [-0.15, -0.1) is 12.3 Å². The van der Waals surface area contributed by atoms with Gasteiger partial charge in [-0.05, 0) is 92.3 Å². The lowest BCUT2D eigenvalue weighted by molar-refractivity contribution is -0.158. The summed E-state index contributed by atoms with van der Waals surface area (Å²) in [5.74, 6) is 5.76. The molecule has 0 amide bonds. The number of fused-ring (bicyclic) bond motifs is 5. The normalized spacial score (nSPS) is 50.5. The van der Waals surface area contributed by atoms with Gasteiger partial charge in [0.1, 0.15) is 0 Å². The molecule has 0 spiro atoms. The average molecular weight is 359 g/mol. The van der Waals surface area contributed by atoms with Gasteiger partial charge >= 0.3 is 0 Å². The van der Waals surface area contributed by atoms with Crippen LogP contribution in [0.1, 0.15) is 71.6 Å². The number of hydrogen-bond acceptors (Lipinski definition) is 3. The first-order chi connectivity index (χ1) is 12.3. The monoisotopic (exact) mass is 358 g/mol. The summed E-state index contributed by atoms with van der Waals surface area (Å²) in [6, 6.07) is 0. The molecule has 3 heteroatoms. The van der Waals surface area contributed by atoms with Gasteiger partial charge < -0.3 is 10.2 Å².